The molecule has 1 atom stereocenters. The summed E-state index contributed by atoms with van der Waals surface area (Å²) in [5, 5.41) is 3.70. The molecule has 3 heteroatoms. The van der Waals surface area contributed by atoms with Crippen LogP contribution < -0.4 is 5.32 Å². The second-order valence-electron chi connectivity index (χ2n) is 5.12. The standard InChI is InChI=1S/C14H30N2O/c1-3-10-16-11-6-7-14(8-12-16)15-9-4-5-13-17-2/h14-15H,3-13H2,1-2H3. The molecule has 0 saturated carbocycles. The molecule has 1 saturated heterocycles. The smallest absolute Gasteiger partial charge is 0.0462 e. The number of nitrogens with zero attached hydrogens (tertiary/aromatic N) is 1. The van der Waals surface area contributed by atoms with Gasteiger partial charge in [-0.15, -0.1) is 0 Å². The second kappa shape index (κ2) is 9.86. The number of ether oxygens (including phenoxy) is 1. The maximum Gasteiger partial charge on any atom is 0.0462 e. The molecule has 1 N–H and O–H groups in total. The zero-order valence-corrected chi connectivity index (χ0v) is 11.7. The predicted octanol–water partition coefficient (Wildman–Crippen LogP) is 2.27. The van der Waals surface area contributed by atoms with Crippen LogP contribution in [-0.2, 0) is 4.74 Å². The van der Waals surface area contributed by atoms with Gasteiger partial charge in [-0.1, -0.05) is 6.92 Å². The number of nitrogens with one attached hydrogen (secondary N) is 1. The summed E-state index contributed by atoms with van der Waals surface area (Å²) in [4.78, 5) is 2.62. The summed E-state index contributed by atoms with van der Waals surface area (Å²) in [7, 11) is 1.78. The molecule has 0 aliphatic carbocycles. The summed E-state index contributed by atoms with van der Waals surface area (Å²) in [6, 6.07) is 0.749. The zero-order valence-electron chi connectivity index (χ0n) is 11.7. The summed E-state index contributed by atoms with van der Waals surface area (Å²) < 4.78 is 5.06. The van der Waals surface area contributed by atoms with Gasteiger partial charge < -0.3 is 15.0 Å². The summed E-state index contributed by atoms with van der Waals surface area (Å²) >= 11 is 0. The SMILES string of the molecule is CCCN1CCCC(NCCCCOC)CC1. The molecule has 0 amide bonds. The van der Waals surface area contributed by atoms with Gasteiger partial charge in [0.1, 0.15) is 0 Å². The van der Waals surface area contributed by atoms with Gasteiger partial charge in [0.25, 0.3) is 0 Å². The minimum Gasteiger partial charge on any atom is -0.385 e. The quantitative estimate of drug-likeness (QED) is 0.661. The lowest BCUT2D eigenvalue weighted by atomic mass is 10.1. The average Bonchev–Trinajstić information content (AvgIpc) is 2.55. The summed E-state index contributed by atoms with van der Waals surface area (Å²) in [6.45, 7) is 8.19. The van der Waals surface area contributed by atoms with Crippen molar-refractivity contribution >= 4 is 0 Å². The third-order valence-corrected chi connectivity index (χ3v) is 3.57. The average molecular weight is 242 g/mol. The lowest BCUT2D eigenvalue weighted by molar-refractivity contribution is 0.192. The van der Waals surface area contributed by atoms with Crippen LogP contribution in [0.3, 0.4) is 0 Å². The molecule has 0 spiro atoms. The van der Waals surface area contributed by atoms with Crippen molar-refractivity contribution in [2.75, 3.05) is 39.9 Å². The van der Waals surface area contributed by atoms with E-state index < -0.39 is 0 Å². The first kappa shape index (κ1) is 14.9. The van der Waals surface area contributed by atoms with Crippen molar-refractivity contribution in [3.63, 3.8) is 0 Å². The molecule has 0 bridgehead atoms. The van der Waals surface area contributed by atoms with Crippen molar-refractivity contribution in [2.45, 2.75) is 51.5 Å². The van der Waals surface area contributed by atoms with Crippen LogP contribution >= 0.6 is 0 Å². The van der Waals surface area contributed by atoms with E-state index in [1.54, 1.807) is 7.11 Å². The summed E-state index contributed by atoms with van der Waals surface area (Å²) in [6.07, 6.45) is 7.74. The van der Waals surface area contributed by atoms with Crippen molar-refractivity contribution in [3.05, 3.63) is 0 Å². The van der Waals surface area contributed by atoms with Gasteiger partial charge in [-0.25, -0.2) is 0 Å². The van der Waals surface area contributed by atoms with Crippen LogP contribution in [0.5, 0.6) is 0 Å². The number of unbranched alkanes of at least 4 members (excludes halogenated alkanes) is 1. The van der Waals surface area contributed by atoms with Crippen LogP contribution in [0, 0.1) is 0 Å². The Balaban J connectivity index is 2.05. The first-order valence-electron chi connectivity index (χ1n) is 7.31. The minimum atomic E-state index is 0.749. The second-order valence-corrected chi connectivity index (χ2v) is 5.12. The fraction of sp³-hybridized carbons (Fsp3) is 1.00. The van der Waals surface area contributed by atoms with E-state index in [9.17, 15) is 0 Å². The van der Waals surface area contributed by atoms with Gasteiger partial charge in [0.2, 0.25) is 0 Å². The highest BCUT2D eigenvalue weighted by Crippen LogP contribution is 2.11. The third kappa shape index (κ3) is 7.02. The summed E-state index contributed by atoms with van der Waals surface area (Å²) in [5.74, 6) is 0. The van der Waals surface area contributed by atoms with Crippen LogP contribution in [0.1, 0.15) is 45.4 Å². The van der Waals surface area contributed by atoms with E-state index >= 15 is 0 Å². The van der Waals surface area contributed by atoms with E-state index in [-0.39, 0.29) is 0 Å². The molecule has 0 radical (unpaired) electrons. The molecule has 0 aromatic rings. The van der Waals surface area contributed by atoms with E-state index in [0.29, 0.717) is 0 Å². The van der Waals surface area contributed by atoms with Crippen molar-refractivity contribution in [1.29, 1.82) is 0 Å². The molecule has 102 valence electrons. The van der Waals surface area contributed by atoms with Crippen LogP contribution in [0.2, 0.25) is 0 Å². The number of likely N-dealkylation sites (tertiary alicyclic amines) is 1. The van der Waals surface area contributed by atoms with E-state index in [4.69, 9.17) is 4.74 Å². The molecule has 1 rings (SSSR count). The fourth-order valence-corrected chi connectivity index (χ4v) is 2.58. The van der Waals surface area contributed by atoms with Crippen molar-refractivity contribution < 1.29 is 4.74 Å². The molecular formula is C14H30N2O. The zero-order chi connectivity index (χ0) is 12.3. The Hall–Kier alpha value is -0.120. The first-order valence-corrected chi connectivity index (χ1v) is 7.31. The van der Waals surface area contributed by atoms with Crippen LogP contribution in [0.4, 0.5) is 0 Å². The fourth-order valence-electron chi connectivity index (χ4n) is 2.58. The maximum atomic E-state index is 5.06. The van der Waals surface area contributed by atoms with Gasteiger partial charge in [-0.3, -0.25) is 0 Å². The van der Waals surface area contributed by atoms with Crippen LogP contribution in [-0.4, -0.2) is 50.8 Å². The molecule has 1 aliphatic heterocycles. The largest absolute Gasteiger partial charge is 0.385 e. The molecule has 1 unspecified atom stereocenters. The van der Waals surface area contributed by atoms with Gasteiger partial charge in [-0.2, -0.15) is 0 Å². The topological polar surface area (TPSA) is 24.5 Å². The Kier molecular flexibility index (Phi) is 8.67. The normalized spacial score (nSPS) is 22.6. The number of methoxy groups -OCH3 is 1. The maximum absolute atomic E-state index is 5.06. The van der Waals surface area contributed by atoms with Gasteiger partial charge >= 0.3 is 0 Å². The lowest BCUT2D eigenvalue weighted by Crippen LogP contribution is -2.32. The number of hydrogen-bond acceptors (Lipinski definition) is 3. The summed E-state index contributed by atoms with van der Waals surface area (Å²) in [5.41, 5.74) is 0. The van der Waals surface area contributed by atoms with Gasteiger partial charge in [0.05, 0.1) is 0 Å². The Bertz CT molecular complexity index is 176. The van der Waals surface area contributed by atoms with Gasteiger partial charge in [0, 0.05) is 19.8 Å². The monoisotopic (exact) mass is 242 g/mol. The molecule has 3 nitrogen and oxygen atoms in total. The van der Waals surface area contributed by atoms with Crippen molar-refractivity contribution in [1.82, 2.24) is 10.2 Å². The number of rotatable bonds is 8. The molecule has 0 aromatic heterocycles. The van der Waals surface area contributed by atoms with Crippen molar-refractivity contribution in [2.24, 2.45) is 0 Å². The highest BCUT2D eigenvalue weighted by atomic mass is 16.5. The predicted molar refractivity (Wildman–Crippen MR) is 73.5 cm³/mol. The molecular weight excluding hydrogens is 212 g/mol. The Morgan fingerprint density at radius 2 is 2.12 bits per heavy atom. The third-order valence-electron chi connectivity index (χ3n) is 3.57. The van der Waals surface area contributed by atoms with Gasteiger partial charge in [0.15, 0.2) is 0 Å². The van der Waals surface area contributed by atoms with Crippen LogP contribution in [0.25, 0.3) is 0 Å². The van der Waals surface area contributed by atoms with Crippen LogP contribution in [0.15, 0.2) is 0 Å². The van der Waals surface area contributed by atoms with Gasteiger partial charge in [-0.05, 0) is 64.7 Å². The Morgan fingerprint density at radius 1 is 1.24 bits per heavy atom. The van der Waals surface area contributed by atoms with E-state index in [0.717, 1.165) is 19.2 Å². The molecule has 1 heterocycles. The molecule has 1 aliphatic rings. The van der Waals surface area contributed by atoms with E-state index in [1.807, 2.05) is 0 Å². The lowest BCUT2D eigenvalue weighted by Gasteiger charge is -2.19. The Labute approximate surface area is 107 Å². The van der Waals surface area contributed by atoms with E-state index in [2.05, 4.69) is 17.1 Å². The molecule has 0 aromatic carbocycles. The number of hydrogen-bond donors (Lipinski definition) is 1. The highest BCUT2D eigenvalue weighted by molar-refractivity contribution is 4.74. The van der Waals surface area contributed by atoms with E-state index in [1.165, 1.54) is 58.2 Å². The highest BCUT2D eigenvalue weighted by Gasteiger charge is 2.15. The first-order chi connectivity index (χ1) is 8.36. The molecule has 17 heavy (non-hydrogen) atoms. The molecule has 1 fully saturated rings. The van der Waals surface area contributed by atoms with Crippen molar-refractivity contribution in [3.8, 4) is 0 Å². The Morgan fingerprint density at radius 3 is 2.88 bits per heavy atom. The minimum absolute atomic E-state index is 0.749.